The first-order valence-electron chi connectivity index (χ1n) is 9.35. The van der Waals surface area contributed by atoms with E-state index in [0.717, 1.165) is 16.9 Å². The zero-order valence-corrected chi connectivity index (χ0v) is 18.9. The van der Waals surface area contributed by atoms with Gasteiger partial charge in [0, 0.05) is 41.2 Å². The molecule has 0 saturated heterocycles. The van der Waals surface area contributed by atoms with E-state index in [9.17, 15) is 13.2 Å². The number of anilines is 1. The van der Waals surface area contributed by atoms with Gasteiger partial charge in [0.2, 0.25) is 22.7 Å². The van der Waals surface area contributed by atoms with Crippen LogP contribution in [0.15, 0.2) is 47.4 Å². The van der Waals surface area contributed by atoms with Gasteiger partial charge in [-0.15, -0.1) is 11.8 Å². The lowest BCUT2D eigenvalue weighted by Crippen LogP contribution is -2.32. The molecule has 10 heteroatoms. The first kappa shape index (κ1) is 22.6. The molecule has 0 atom stereocenters. The van der Waals surface area contributed by atoms with Crippen molar-refractivity contribution in [1.29, 1.82) is 0 Å². The molecular formula is C20H23ClN2O5S2. The summed E-state index contributed by atoms with van der Waals surface area (Å²) in [4.78, 5) is 13.2. The van der Waals surface area contributed by atoms with E-state index in [1.165, 1.54) is 4.31 Å². The Morgan fingerprint density at radius 1 is 1.17 bits per heavy atom. The molecule has 2 aromatic rings. The number of carbonyl (C=O) groups is 1. The molecule has 7 nitrogen and oxygen atoms in total. The monoisotopic (exact) mass is 470 g/mol. The highest BCUT2D eigenvalue weighted by Gasteiger charge is 2.21. The molecule has 1 aliphatic rings. The van der Waals surface area contributed by atoms with Gasteiger partial charge in [0.25, 0.3) is 0 Å². The Bertz CT molecular complexity index is 983. The summed E-state index contributed by atoms with van der Waals surface area (Å²) in [5, 5.41) is 3.55. The maximum Gasteiger partial charge on any atom is 0.232 e. The van der Waals surface area contributed by atoms with Crippen molar-refractivity contribution >= 4 is 45.0 Å². The minimum Gasteiger partial charge on any atom is -0.454 e. The van der Waals surface area contributed by atoms with Gasteiger partial charge < -0.3 is 14.8 Å². The van der Waals surface area contributed by atoms with Crippen LogP contribution in [0.3, 0.4) is 0 Å². The zero-order valence-electron chi connectivity index (χ0n) is 16.5. The summed E-state index contributed by atoms with van der Waals surface area (Å²) in [5.41, 5.74) is 0.488. The fourth-order valence-electron chi connectivity index (χ4n) is 2.89. The lowest BCUT2D eigenvalue weighted by atomic mass is 10.2. The Morgan fingerprint density at radius 2 is 1.90 bits per heavy atom. The average Bonchev–Trinajstić information content (AvgIpc) is 3.17. The second-order valence-corrected chi connectivity index (χ2v) is 10.1. The van der Waals surface area contributed by atoms with Gasteiger partial charge in [-0.05, 0) is 42.8 Å². The van der Waals surface area contributed by atoms with Crippen LogP contribution in [0.25, 0.3) is 0 Å². The zero-order chi connectivity index (χ0) is 21.6. The molecule has 3 rings (SSSR count). The third-order valence-electron chi connectivity index (χ3n) is 4.32. The number of sulfonamides is 1. The molecule has 0 fully saturated rings. The molecule has 0 bridgehead atoms. The predicted octanol–water partition coefficient (Wildman–Crippen LogP) is 3.52. The third-order valence-corrected chi connectivity index (χ3v) is 6.78. The second-order valence-electron chi connectivity index (χ2n) is 6.63. The Hall–Kier alpha value is -2.10. The number of ether oxygens (including phenoxy) is 2. The topological polar surface area (TPSA) is 84.9 Å². The lowest BCUT2D eigenvalue weighted by Gasteiger charge is -2.22. The molecule has 0 unspecified atom stereocenters. The van der Waals surface area contributed by atoms with Crippen molar-refractivity contribution in [3.63, 3.8) is 0 Å². The van der Waals surface area contributed by atoms with Crippen LogP contribution in [-0.2, 0) is 14.8 Å². The summed E-state index contributed by atoms with van der Waals surface area (Å²) in [7, 11) is -3.50. The number of nitrogens with one attached hydrogen (secondary N) is 1. The van der Waals surface area contributed by atoms with Crippen LogP contribution in [-0.4, -0.2) is 46.2 Å². The van der Waals surface area contributed by atoms with Crippen LogP contribution in [0.4, 0.5) is 5.69 Å². The highest BCUT2D eigenvalue weighted by atomic mass is 35.5. The van der Waals surface area contributed by atoms with E-state index in [2.05, 4.69) is 5.32 Å². The Balaban J connectivity index is 1.43. The van der Waals surface area contributed by atoms with Crippen LogP contribution >= 0.6 is 23.4 Å². The summed E-state index contributed by atoms with van der Waals surface area (Å²) in [6.07, 6.45) is 1.78. The van der Waals surface area contributed by atoms with Crippen molar-refractivity contribution in [2.45, 2.75) is 17.7 Å². The first-order valence-corrected chi connectivity index (χ1v) is 12.6. The number of amides is 1. The SMILES string of the molecule is CS(=O)(=O)N(CCCC(=O)NCCSc1ccc(Cl)cc1)c1ccc2c(c1)OCO2. The number of fused-ring (bicyclic) bond motifs is 1. The Labute approximate surface area is 185 Å². The van der Waals surface area contributed by atoms with Crippen LogP contribution < -0.4 is 19.1 Å². The van der Waals surface area contributed by atoms with Crippen LogP contribution in [0.1, 0.15) is 12.8 Å². The second kappa shape index (κ2) is 10.3. The van der Waals surface area contributed by atoms with E-state index in [0.29, 0.717) is 35.2 Å². The van der Waals surface area contributed by atoms with Crippen molar-refractivity contribution in [3.05, 3.63) is 47.5 Å². The summed E-state index contributed by atoms with van der Waals surface area (Å²) in [6, 6.07) is 12.5. The molecular weight excluding hydrogens is 448 g/mol. The number of benzene rings is 2. The van der Waals surface area contributed by atoms with Crippen molar-refractivity contribution in [1.82, 2.24) is 5.32 Å². The smallest absolute Gasteiger partial charge is 0.232 e. The Morgan fingerprint density at radius 3 is 2.63 bits per heavy atom. The molecule has 1 amide bonds. The first-order chi connectivity index (χ1) is 14.3. The normalized spacial score (nSPS) is 12.6. The maximum atomic E-state index is 12.2. The molecule has 30 heavy (non-hydrogen) atoms. The van der Waals surface area contributed by atoms with Gasteiger partial charge in [0.1, 0.15) is 0 Å². The number of thioether (sulfide) groups is 1. The van der Waals surface area contributed by atoms with Crippen molar-refractivity contribution < 1.29 is 22.7 Å². The van der Waals surface area contributed by atoms with Crippen molar-refractivity contribution in [2.24, 2.45) is 0 Å². The molecule has 162 valence electrons. The van der Waals surface area contributed by atoms with Gasteiger partial charge in [-0.3, -0.25) is 9.10 Å². The molecule has 0 spiro atoms. The van der Waals surface area contributed by atoms with E-state index >= 15 is 0 Å². The Kier molecular flexibility index (Phi) is 7.74. The quantitative estimate of drug-likeness (QED) is 0.422. The van der Waals surface area contributed by atoms with Gasteiger partial charge in [-0.2, -0.15) is 0 Å². The minimum atomic E-state index is -3.50. The van der Waals surface area contributed by atoms with Crippen LogP contribution in [0, 0.1) is 0 Å². The number of nitrogens with zero attached hydrogens (tertiary/aromatic N) is 1. The highest BCUT2D eigenvalue weighted by molar-refractivity contribution is 7.99. The number of rotatable bonds is 10. The molecule has 0 aromatic heterocycles. The molecule has 1 N–H and O–H groups in total. The van der Waals surface area contributed by atoms with E-state index in [-0.39, 0.29) is 25.7 Å². The van der Waals surface area contributed by atoms with Gasteiger partial charge in [0.05, 0.1) is 11.9 Å². The van der Waals surface area contributed by atoms with E-state index in [1.54, 1.807) is 30.0 Å². The lowest BCUT2D eigenvalue weighted by molar-refractivity contribution is -0.121. The summed E-state index contributed by atoms with van der Waals surface area (Å²) < 4.78 is 36.3. The fraction of sp³-hybridized carbons (Fsp3) is 0.350. The molecule has 0 radical (unpaired) electrons. The van der Waals surface area contributed by atoms with Gasteiger partial charge in [-0.1, -0.05) is 11.6 Å². The largest absolute Gasteiger partial charge is 0.454 e. The minimum absolute atomic E-state index is 0.106. The molecule has 0 saturated carbocycles. The highest BCUT2D eigenvalue weighted by Crippen LogP contribution is 2.36. The molecule has 1 aliphatic heterocycles. The third kappa shape index (κ3) is 6.45. The molecule has 0 aliphatic carbocycles. The van der Waals surface area contributed by atoms with Gasteiger partial charge in [-0.25, -0.2) is 8.42 Å². The van der Waals surface area contributed by atoms with Crippen LogP contribution in [0.5, 0.6) is 11.5 Å². The van der Waals surface area contributed by atoms with E-state index in [1.807, 2.05) is 24.3 Å². The maximum absolute atomic E-state index is 12.2. The van der Waals surface area contributed by atoms with E-state index < -0.39 is 10.0 Å². The summed E-state index contributed by atoms with van der Waals surface area (Å²) in [5.74, 6) is 1.73. The number of hydrogen-bond acceptors (Lipinski definition) is 6. The standard InChI is InChI=1S/C20H23ClN2O5S2/c1-30(25,26)23(16-6-9-18-19(13-16)28-14-27-18)11-2-3-20(24)22-10-12-29-17-7-4-15(21)5-8-17/h4-9,13H,2-3,10-12,14H2,1H3,(H,22,24). The number of hydrogen-bond donors (Lipinski definition) is 1. The van der Waals surface area contributed by atoms with Gasteiger partial charge in [0.15, 0.2) is 11.5 Å². The predicted molar refractivity (Wildman–Crippen MR) is 119 cm³/mol. The van der Waals surface area contributed by atoms with Gasteiger partial charge >= 0.3 is 0 Å². The van der Waals surface area contributed by atoms with Crippen molar-refractivity contribution in [3.8, 4) is 11.5 Å². The fourth-order valence-corrected chi connectivity index (χ4v) is 4.74. The van der Waals surface area contributed by atoms with Crippen LogP contribution in [0.2, 0.25) is 5.02 Å². The summed E-state index contributed by atoms with van der Waals surface area (Å²) >= 11 is 7.49. The van der Waals surface area contributed by atoms with Crippen molar-refractivity contribution in [2.75, 3.05) is 36.2 Å². The number of halogens is 1. The van der Waals surface area contributed by atoms with E-state index in [4.69, 9.17) is 21.1 Å². The average molecular weight is 471 g/mol. The number of carbonyl (C=O) groups excluding carboxylic acids is 1. The molecule has 2 aromatic carbocycles. The molecule has 1 heterocycles. The summed E-state index contributed by atoms with van der Waals surface area (Å²) in [6.45, 7) is 0.851.